The molecule has 0 amide bonds. The fourth-order valence-corrected chi connectivity index (χ4v) is 3.60. The van der Waals surface area contributed by atoms with Crippen LogP contribution in [0.25, 0.3) is 0 Å². The molecule has 3 nitrogen and oxygen atoms in total. The van der Waals surface area contributed by atoms with Crippen molar-refractivity contribution in [3.8, 4) is 17.2 Å². The van der Waals surface area contributed by atoms with E-state index in [1.807, 2.05) is 0 Å². The van der Waals surface area contributed by atoms with Gasteiger partial charge >= 0.3 is 5.25 Å². The van der Waals surface area contributed by atoms with Crippen molar-refractivity contribution < 1.29 is 23.0 Å². The van der Waals surface area contributed by atoms with E-state index in [2.05, 4.69) is 15.9 Å². The average Bonchev–Trinajstić information content (AvgIpc) is 2.55. The van der Waals surface area contributed by atoms with Gasteiger partial charge in [-0.1, -0.05) is 23.9 Å². The lowest BCUT2D eigenvalue weighted by Crippen LogP contribution is -2.14. The number of hydrogen-bond donors (Lipinski definition) is 0. The summed E-state index contributed by atoms with van der Waals surface area (Å²) in [5.74, 6) is 1.09. The first-order chi connectivity index (χ1) is 11.4. The van der Waals surface area contributed by atoms with Crippen molar-refractivity contribution in [2.24, 2.45) is 0 Å². The molecule has 2 aromatic carbocycles. The highest BCUT2D eigenvalue weighted by molar-refractivity contribution is 9.10. The van der Waals surface area contributed by atoms with E-state index < -0.39 is 11.7 Å². The third-order valence-electron chi connectivity index (χ3n) is 3.23. The summed E-state index contributed by atoms with van der Waals surface area (Å²) in [6.07, 6.45) is -0.463. The molecule has 0 radical (unpaired) electrons. The van der Waals surface area contributed by atoms with Crippen LogP contribution in [0.15, 0.2) is 45.8 Å². The lowest BCUT2D eigenvalue weighted by molar-refractivity contribution is 0.106. The number of hydrogen-bond acceptors (Lipinski definition) is 4. The second kappa shape index (κ2) is 8.07. The van der Waals surface area contributed by atoms with E-state index in [-0.39, 0.29) is 0 Å². The zero-order valence-electron chi connectivity index (χ0n) is 13.4. The molecular weight excluding hydrogens is 402 g/mol. The minimum absolute atomic E-state index is 0.355. The molecule has 130 valence electrons. The van der Waals surface area contributed by atoms with Crippen molar-refractivity contribution in [1.29, 1.82) is 0 Å². The summed E-state index contributed by atoms with van der Waals surface area (Å²) in [5, 5.41) is -2.99. The Morgan fingerprint density at radius 1 is 1.00 bits per heavy atom. The Morgan fingerprint density at radius 2 is 1.58 bits per heavy atom. The smallest absolute Gasteiger partial charge is 0.302 e. The van der Waals surface area contributed by atoms with Gasteiger partial charge in [0.25, 0.3) is 0 Å². The normalized spacial score (nSPS) is 11.2. The van der Waals surface area contributed by atoms with E-state index >= 15 is 0 Å². The lowest BCUT2D eigenvalue weighted by atomic mass is 10.1. The number of benzene rings is 2. The van der Waals surface area contributed by atoms with Gasteiger partial charge in [0.1, 0.15) is 0 Å². The SMILES string of the molecule is COc1cc(CC(F)(F)Sc2ccccc2Br)cc(OC)c1OC. The van der Waals surface area contributed by atoms with Crippen LogP contribution in [0.3, 0.4) is 0 Å². The first-order valence-corrected chi connectivity index (χ1v) is 8.61. The molecule has 0 unspecified atom stereocenters. The topological polar surface area (TPSA) is 27.7 Å². The lowest BCUT2D eigenvalue weighted by Gasteiger charge is -2.19. The average molecular weight is 419 g/mol. The van der Waals surface area contributed by atoms with Gasteiger partial charge in [-0.15, -0.1) is 0 Å². The fraction of sp³-hybridized carbons (Fsp3) is 0.294. The maximum absolute atomic E-state index is 14.5. The summed E-state index contributed by atoms with van der Waals surface area (Å²) >= 11 is 3.80. The molecular formula is C17H17BrF2O3S. The standard InChI is InChI=1S/C17H17BrF2O3S/c1-21-13-8-11(9-14(22-2)16(13)23-3)10-17(19,20)24-15-7-5-4-6-12(15)18/h4-9H,10H2,1-3H3. The van der Waals surface area contributed by atoms with Crippen LogP contribution in [0, 0.1) is 0 Å². The zero-order valence-corrected chi connectivity index (χ0v) is 15.8. The highest BCUT2D eigenvalue weighted by atomic mass is 79.9. The maximum atomic E-state index is 14.5. The Bertz CT molecular complexity index is 685. The molecule has 0 bridgehead atoms. The molecule has 0 heterocycles. The van der Waals surface area contributed by atoms with Gasteiger partial charge in [0.15, 0.2) is 11.5 Å². The Hall–Kier alpha value is -1.47. The zero-order chi connectivity index (χ0) is 17.7. The number of ether oxygens (including phenoxy) is 3. The second-order valence-electron chi connectivity index (χ2n) is 4.88. The van der Waals surface area contributed by atoms with Gasteiger partial charge in [0, 0.05) is 15.8 Å². The molecule has 7 heteroatoms. The van der Waals surface area contributed by atoms with Crippen molar-refractivity contribution in [2.75, 3.05) is 21.3 Å². The summed E-state index contributed by atoms with van der Waals surface area (Å²) in [7, 11) is 4.38. The molecule has 0 fully saturated rings. The molecule has 0 atom stereocenters. The third-order valence-corrected chi connectivity index (χ3v) is 5.20. The maximum Gasteiger partial charge on any atom is 0.302 e. The quantitative estimate of drug-likeness (QED) is 0.562. The van der Waals surface area contributed by atoms with E-state index in [0.717, 1.165) is 0 Å². The number of rotatable bonds is 7. The molecule has 0 saturated carbocycles. The van der Waals surface area contributed by atoms with Crippen LogP contribution in [-0.4, -0.2) is 26.6 Å². The molecule has 2 rings (SSSR count). The van der Waals surface area contributed by atoms with E-state index in [9.17, 15) is 8.78 Å². The Labute approximate surface area is 152 Å². The van der Waals surface area contributed by atoms with Crippen LogP contribution in [-0.2, 0) is 6.42 Å². The van der Waals surface area contributed by atoms with Gasteiger partial charge in [-0.05, 0) is 45.8 Å². The third kappa shape index (κ3) is 4.54. The van der Waals surface area contributed by atoms with Crippen molar-refractivity contribution in [3.05, 3.63) is 46.4 Å². The van der Waals surface area contributed by atoms with Crippen LogP contribution in [0.2, 0.25) is 0 Å². The molecule has 0 N–H and O–H groups in total. The van der Waals surface area contributed by atoms with Crippen molar-refractivity contribution in [1.82, 2.24) is 0 Å². The number of halogens is 3. The van der Waals surface area contributed by atoms with Gasteiger partial charge < -0.3 is 14.2 Å². The first kappa shape index (κ1) is 18.9. The fourth-order valence-electron chi connectivity index (χ4n) is 2.20. The van der Waals surface area contributed by atoms with Gasteiger partial charge in [-0.25, -0.2) is 0 Å². The summed E-state index contributed by atoms with van der Waals surface area (Å²) in [5.41, 5.74) is 0.397. The molecule has 0 aliphatic carbocycles. The summed E-state index contributed by atoms with van der Waals surface area (Å²) in [6, 6.07) is 9.97. The molecule has 0 aliphatic rings. The van der Waals surface area contributed by atoms with Crippen molar-refractivity contribution in [3.63, 3.8) is 0 Å². The van der Waals surface area contributed by atoms with Crippen LogP contribution in [0.1, 0.15) is 5.56 Å². The van der Waals surface area contributed by atoms with Crippen molar-refractivity contribution >= 4 is 27.7 Å². The van der Waals surface area contributed by atoms with E-state index in [0.29, 0.717) is 43.9 Å². The van der Waals surface area contributed by atoms with E-state index in [1.54, 1.807) is 24.3 Å². The molecule has 24 heavy (non-hydrogen) atoms. The van der Waals surface area contributed by atoms with Crippen LogP contribution in [0.4, 0.5) is 8.78 Å². The molecule has 0 aromatic heterocycles. The monoisotopic (exact) mass is 418 g/mol. The summed E-state index contributed by atoms with van der Waals surface area (Å²) < 4.78 is 45.2. The number of alkyl halides is 2. The van der Waals surface area contributed by atoms with E-state index in [1.165, 1.54) is 33.5 Å². The predicted molar refractivity (Wildman–Crippen MR) is 94.7 cm³/mol. The van der Waals surface area contributed by atoms with Gasteiger partial charge in [-0.3, -0.25) is 0 Å². The molecule has 2 aromatic rings. The minimum atomic E-state index is -2.99. The van der Waals surface area contributed by atoms with Crippen LogP contribution >= 0.6 is 27.7 Å². The second-order valence-corrected chi connectivity index (χ2v) is 6.98. The molecule has 0 spiro atoms. The minimum Gasteiger partial charge on any atom is -0.493 e. The Kier molecular flexibility index (Phi) is 6.34. The summed E-state index contributed by atoms with van der Waals surface area (Å²) in [4.78, 5) is 0.481. The molecule has 0 saturated heterocycles. The summed E-state index contributed by atoms with van der Waals surface area (Å²) in [6.45, 7) is 0. The van der Waals surface area contributed by atoms with E-state index in [4.69, 9.17) is 14.2 Å². The van der Waals surface area contributed by atoms with Crippen LogP contribution < -0.4 is 14.2 Å². The number of thioether (sulfide) groups is 1. The first-order valence-electron chi connectivity index (χ1n) is 7.00. The van der Waals surface area contributed by atoms with Crippen molar-refractivity contribution in [2.45, 2.75) is 16.6 Å². The highest BCUT2D eigenvalue weighted by Crippen LogP contribution is 2.44. The number of methoxy groups -OCH3 is 3. The predicted octanol–water partition coefficient (Wildman–Crippen LogP) is 5.40. The highest BCUT2D eigenvalue weighted by Gasteiger charge is 2.32. The van der Waals surface area contributed by atoms with Crippen LogP contribution in [0.5, 0.6) is 17.2 Å². The Morgan fingerprint density at radius 3 is 2.08 bits per heavy atom. The van der Waals surface area contributed by atoms with Gasteiger partial charge in [0.2, 0.25) is 5.75 Å². The largest absolute Gasteiger partial charge is 0.493 e. The Balaban J connectivity index is 2.27. The van der Waals surface area contributed by atoms with Gasteiger partial charge in [-0.2, -0.15) is 8.78 Å². The van der Waals surface area contributed by atoms with Gasteiger partial charge in [0.05, 0.1) is 21.3 Å². The molecule has 0 aliphatic heterocycles.